The Bertz CT molecular complexity index is 375. The summed E-state index contributed by atoms with van der Waals surface area (Å²) in [4.78, 5) is 8.61. The summed E-state index contributed by atoms with van der Waals surface area (Å²) in [6.07, 6.45) is 7.92. The molecule has 4 nitrogen and oxygen atoms in total. The van der Waals surface area contributed by atoms with Gasteiger partial charge in [0.15, 0.2) is 0 Å². The zero-order chi connectivity index (χ0) is 10.8. The zero-order valence-corrected chi connectivity index (χ0v) is 9.41. The van der Waals surface area contributed by atoms with Crippen molar-refractivity contribution in [1.82, 2.24) is 15.3 Å². The van der Waals surface area contributed by atoms with Crippen LogP contribution in [0.1, 0.15) is 36.9 Å². The number of ether oxygens (including phenoxy) is 1. The minimum absolute atomic E-state index is 0.376. The van der Waals surface area contributed by atoms with Gasteiger partial charge >= 0.3 is 0 Å². The number of aromatic nitrogens is 2. The van der Waals surface area contributed by atoms with Crippen molar-refractivity contribution in [2.75, 3.05) is 6.54 Å². The van der Waals surface area contributed by atoms with Gasteiger partial charge in [0.1, 0.15) is 12.4 Å². The monoisotopic (exact) mass is 219 g/mol. The van der Waals surface area contributed by atoms with Gasteiger partial charge in [-0.3, -0.25) is 0 Å². The largest absolute Gasteiger partial charge is 0.474 e. The fourth-order valence-corrected chi connectivity index (χ4v) is 2.51. The molecule has 2 aliphatic rings. The van der Waals surface area contributed by atoms with Crippen LogP contribution in [0.2, 0.25) is 0 Å². The second-order valence-electron chi connectivity index (χ2n) is 4.56. The van der Waals surface area contributed by atoms with E-state index in [9.17, 15) is 0 Å². The molecule has 16 heavy (non-hydrogen) atoms. The number of hydrogen-bond acceptors (Lipinski definition) is 4. The third-order valence-corrected chi connectivity index (χ3v) is 3.42. The van der Waals surface area contributed by atoms with Crippen LogP contribution in [0.25, 0.3) is 0 Å². The quantitative estimate of drug-likeness (QED) is 0.817. The molecule has 0 spiro atoms. The summed E-state index contributed by atoms with van der Waals surface area (Å²) in [6.45, 7) is 1.85. The van der Waals surface area contributed by atoms with Gasteiger partial charge in [-0.05, 0) is 25.7 Å². The molecule has 1 aliphatic carbocycles. The number of rotatable bonds is 2. The molecule has 0 amide bonds. The Morgan fingerprint density at radius 3 is 3.00 bits per heavy atom. The van der Waals surface area contributed by atoms with E-state index in [1.54, 1.807) is 6.33 Å². The van der Waals surface area contributed by atoms with Crippen molar-refractivity contribution in [3.8, 4) is 5.88 Å². The number of fused-ring (bicyclic) bond motifs is 1. The average Bonchev–Trinajstić information content (AvgIpc) is 2.82. The Morgan fingerprint density at radius 1 is 1.25 bits per heavy atom. The molecular formula is C12H17N3O. The summed E-state index contributed by atoms with van der Waals surface area (Å²) in [5, 5.41) is 3.35. The van der Waals surface area contributed by atoms with Gasteiger partial charge in [0.05, 0.1) is 5.69 Å². The normalized spacial score (nSPS) is 20.8. The lowest BCUT2D eigenvalue weighted by molar-refractivity contribution is 0.197. The second-order valence-corrected chi connectivity index (χ2v) is 4.56. The SMILES string of the molecule is c1nc2c(c(OC3CCCC3)n1)CNCC2. The van der Waals surface area contributed by atoms with Gasteiger partial charge in [0.25, 0.3) is 0 Å². The molecule has 0 bridgehead atoms. The minimum atomic E-state index is 0.376. The summed E-state index contributed by atoms with van der Waals surface area (Å²) < 4.78 is 5.98. The Balaban J connectivity index is 1.82. The molecule has 1 aromatic rings. The first-order valence-corrected chi connectivity index (χ1v) is 6.13. The van der Waals surface area contributed by atoms with Crippen molar-refractivity contribution in [2.45, 2.75) is 44.8 Å². The zero-order valence-electron chi connectivity index (χ0n) is 9.41. The highest BCUT2D eigenvalue weighted by molar-refractivity contribution is 5.31. The van der Waals surface area contributed by atoms with Crippen molar-refractivity contribution < 1.29 is 4.74 Å². The fraction of sp³-hybridized carbons (Fsp3) is 0.667. The number of hydrogen-bond donors (Lipinski definition) is 1. The predicted molar refractivity (Wildman–Crippen MR) is 60.3 cm³/mol. The van der Waals surface area contributed by atoms with Gasteiger partial charge in [-0.15, -0.1) is 0 Å². The van der Waals surface area contributed by atoms with E-state index >= 15 is 0 Å². The highest BCUT2D eigenvalue weighted by atomic mass is 16.5. The van der Waals surface area contributed by atoms with Crippen molar-refractivity contribution in [1.29, 1.82) is 0 Å². The lowest BCUT2D eigenvalue weighted by Gasteiger charge is -2.20. The predicted octanol–water partition coefficient (Wildman–Crippen LogP) is 1.44. The molecule has 1 aromatic heterocycles. The van der Waals surface area contributed by atoms with E-state index in [0.29, 0.717) is 6.10 Å². The first-order chi connectivity index (χ1) is 7.93. The van der Waals surface area contributed by atoms with Crippen LogP contribution >= 0.6 is 0 Å². The molecule has 1 N–H and O–H groups in total. The fourth-order valence-electron chi connectivity index (χ4n) is 2.51. The maximum Gasteiger partial charge on any atom is 0.221 e. The molecular weight excluding hydrogens is 202 g/mol. The summed E-state index contributed by atoms with van der Waals surface area (Å²) in [5.41, 5.74) is 2.32. The minimum Gasteiger partial charge on any atom is -0.474 e. The van der Waals surface area contributed by atoms with Crippen LogP contribution < -0.4 is 10.1 Å². The highest BCUT2D eigenvalue weighted by Gasteiger charge is 2.21. The van der Waals surface area contributed by atoms with Crippen molar-refractivity contribution >= 4 is 0 Å². The topological polar surface area (TPSA) is 47.0 Å². The molecule has 1 saturated carbocycles. The smallest absolute Gasteiger partial charge is 0.221 e. The number of nitrogens with zero attached hydrogens (tertiary/aromatic N) is 2. The second kappa shape index (κ2) is 4.37. The van der Waals surface area contributed by atoms with Crippen LogP contribution in [0.5, 0.6) is 5.88 Å². The van der Waals surface area contributed by atoms with Crippen molar-refractivity contribution in [3.05, 3.63) is 17.6 Å². The van der Waals surface area contributed by atoms with Crippen LogP contribution in [0.4, 0.5) is 0 Å². The van der Waals surface area contributed by atoms with Gasteiger partial charge in [0.2, 0.25) is 5.88 Å². The van der Waals surface area contributed by atoms with E-state index < -0.39 is 0 Å². The van der Waals surface area contributed by atoms with Crippen LogP contribution in [0.15, 0.2) is 6.33 Å². The molecule has 3 rings (SSSR count). The first kappa shape index (κ1) is 10.0. The average molecular weight is 219 g/mol. The summed E-state index contributed by atoms with van der Waals surface area (Å²) >= 11 is 0. The molecule has 1 aliphatic heterocycles. The summed E-state index contributed by atoms with van der Waals surface area (Å²) in [6, 6.07) is 0. The lowest BCUT2D eigenvalue weighted by atomic mass is 10.1. The molecule has 0 aromatic carbocycles. The van der Waals surface area contributed by atoms with Crippen LogP contribution in [0.3, 0.4) is 0 Å². The van der Waals surface area contributed by atoms with E-state index in [4.69, 9.17) is 4.74 Å². The Labute approximate surface area is 95.4 Å². The third kappa shape index (κ3) is 1.89. The van der Waals surface area contributed by atoms with Crippen LogP contribution in [0, 0.1) is 0 Å². The molecule has 0 radical (unpaired) electrons. The van der Waals surface area contributed by atoms with Crippen molar-refractivity contribution in [3.63, 3.8) is 0 Å². The van der Waals surface area contributed by atoms with Gasteiger partial charge in [-0.1, -0.05) is 0 Å². The Morgan fingerprint density at radius 2 is 2.12 bits per heavy atom. The summed E-state index contributed by atoms with van der Waals surface area (Å²) in [5.74, 6) is 0.809. The van der Waals surface area contributed by atoms with E-state index in [-0.39, 0.29) is 0 Å². The molecule has 0 atom stereocenters. The Kier molecular flexibility index (Phi) is 2.74. The van der Waals surface area contributed by atoms with Gasteiger partial charge in [-0.25, -0.2) is 9.97 Å². The molecule has 2 heterocycles. The maximum absolute atomic E-state index is 5.98. The summed E-state index contributed by atoms with van der Waals surface area (Å²) in [7, 11) is 0. The third-order valence-electron chi connectivity index (χ3n) is 3.42. The van der Waals surface area contributed by atoms with E-state index in [0.717, 1.165) is 31.1 Å². The molecule has 4 heteroatoms. The van der Waals surface area contributed by atoms with Crippen molar-refractivity contribution in [2.24, 2.45) is 0 Å². The van der Waals surface area contributed by atoms with Gasteiger partial charge in [-0.2, -0.15) is 0 Å². The van der Waals surface area contributed by atoms with E-state index in [2.05, 4.69) is 15.3 Å². The van der Waals surface area contributed by atoms with Crippen LogP contribution in [-0.2, 0) is 13.0 Å². The molecule has 1 fully saturated rings. The van der Waals surface area contributed by atoms with E-state index in [1.807, 2.05) is 0 Å². The molecule has 86 valence electrons. The van der Waals surface area contributed by atoms with Crippen LogP contribution in [-0.4, -0.2) is 22.6 Å². The highest BCUT2D eigenvalue weighted by Crippen LogP contribution is 2.26. The van der Waals surface area contributed by atoms with Gasteiger partial charge in [0, 0.05) is 25.1 Å². The number of nitrogens with one attached hydrogen (secondary N) is 1. The Hall–Kier alpha value is -1.16. The van der Waals surface area contributed by atoms with E-state index in [1.165, 1.54) is 31.2 Å². The van der Waals surface area contributed by atoms with Gasteiger partial charge < -0.3 is 10.1 Å². The molecule has 0 saturated heterocycles. The maximum atomic E-state index is 5.98. The molecule has 0 unspecified atom stereocenters. The first-order valence-electron chi connectivity index (χ1n) is 6.13. The lowest BCUT2D eigenvalue weighted by Crippen LogP contribution is -2.26. The standard InChI is InChI=1S/C12H17N3O/c1-2-4-9(3-1)16-12-10-7-13-6-5-11(10)14-8-15-12/h8-9,13H,1-7H2.